The van der Waals surface area contributed by atoms with Crippen LogP contribution in [0.15, 0.2) is 12.7 Å². The third-order valence-corrected chi connectivity index (χ3v) is 2.71. The quantitative estimate of drug-likeness (QED) is 0.492. The van der Waals surface area contributed by atoms with Crippen LogP contribution in [0, 0.1) is 0 Å². The van der Waals surface area contributed by atoms with E-state index >= 15 is 0 Å². The minimum atomic E-state index is -3.99. The fourth-order valence-corrected chi connectivity index (χ4v) is 1.51. The summed E-state index contributed by atoms with van der Waals surface area (Å²) in [5.41, 5.74) is -1.00. The van der Waals surface area contributed by atoms with Crippen molar-refractivity contribution < 1.29 is 26.3 Å². The lowest BCUT2D eigenvalue weighted by Crippen LogP contribution is -2.30. The third kappa shape index (κ3) is 6.54. The van der Waals surface area contributed by atoms with Gasteiger partial charge in [0.25, 0.3) is 0 Å². The molecule has 0 unspecified atom stereocenters. The van der Waals surface area contributed by atoms with Crippen molar-refractivity contribution in [1.82, 2.24) is 0 Å². The molecule has 0 aromatic heterocycles. The zero-order chi connectivity index (χ0) is 12.8. The van der Waals surface area contributed by atoms with E-state index in [1.165, 1.54) is 0 Å². The van der Waals surface area contributed by atoms with E-state index in [4.69, 9.17) is 8.92 Å². The summed E-state index contributed by atoms with van der Waals surface area (Å²) >= 11 is 0. The summed E-state index contributed by atoms with van der Waals surface area (Å²) in [6, 6.07) is 0. The maximum absolute atomic E-state index is 11.0. The van der Waals surface area contributed by atoms with E-state index in [2.05, 4.69) is 10.8 Å². The van der Waals surface area contributed by atoms with Crippen molar-refractivity contribution in [2.24, 2.45) is 0 Å². The number of carbonyl (C=O) groups is 1. The number of esters is 1. The Kier molecular flexibility index (Phi) is 5.63. The van der Waals surface area contributed by atoms with Gasteiger partial charge in [-0.3, -0.25) is 4.18 Å². The summed E-state index contributed by atoms with van der Waals surface area (Å²) in [7, 11) is -2.99. The predicted molar refractivity (Wildman–Crippen MR) is 56.9 cm³/mol. The van der Waals surface area contributed by atoms with Gasteiger partial charge in [-0.1, -0.05) is 6.58 Å². The molecular weight excluding hydrogens is 236 g/mol. The number of carbonyl (C=O) groups excluding carboxylic acids is 1. The first-order valence-electron chi connectivity index (χ1n) is 4.53. The zero-order valence-electron chi connectivity index (χ0n) is 9.56. The summed E-state index contributed by atoms with van der Waals surface area (Å²) in [4.78, 5) is 10.7. The molecular formula is C9H16O6S. The Balaban J connectivity index is 4.15. The number of rotatable bonds is 7. The zero-order valence-corrected chi connectivity index (χ0v) is 10.4. The largest absolute Gasteiger partial charge is 0.462 e. The molecule has 0 amide bonds. The van der Waals surface area contributed by atoms with Gasteiger partial charge in [-0.2, -0.15) is 8.42 Å². The summed E-state index contributed by atoms with van der Waals surface area (Å²) in [5, 5.41) is 0. The third-order valence-electron chi connectivity index (χ3n) is 1.65. The lowest BCUT2D eigenvalue weighted by molar-refractivity contribution is -0.138. The molecule has 0 rings (SSSR count). The van der Waals surface area contributed by atoms with Crippen LogP contribution in [0.25, 0.3) is 0 Å². The van der Waals surface area contributed by atoms with Gasteiger partial charge in [0.15, 0.2) is 0 Å². The van der Waals surface area contributed by atoms with E-state index < -0.39 is 22.0 Å². The van der Waals surface area contributed by atoms with Gasteiger partial charge in [-0.05, 0) is 13.8 Å². The minimum Gasteiger partial charge on any atom is -0.462 e. The van der Waals surface area contributed by atoms with Gasteiger partial charge in [0.1, 0.15) is 0 Å². The molecule has 0 saturated carbocycles. The first kappa shape index (κ1) is 15.1. The number of hydrogen-bond donors (Lipinski definition) is 0. The Labute approximate surface area is 95.5 Å². The predicted octanol–water partition coefficient (Wildman–Crippen LogP) is 0.792. The number of hydrogen-bond acceptors (Lipinski definition) is 6. The molecule has 0 aromatic rings. The van der Waals surface area contributed by atoms with Crippen LogP contribution < -0.4 is 0 Å². The van der Waals surface area contributed by atoms with Crippen molar-refractivity contribution in [3.8, 4) is 0 Å². The van der Waals surface area contributed by atoms with Crippen LogP contribution in [0.2, 0.25) is 0 Å². The Morgan fingerprint density at radius 1 is 1.44 bits per heavy atom. The number of ether oxygens (including phenoxy) is 1. The smallest absolute Gasteiger partial charge is 0.400 e. The molecule has 0 spiro atoms. The molecule has 0 aliphatic rings. The fourth-order valence-electron chi connectivity index (χ4n) is 0.808. The normalized spacial score (nSPS) is 12.2. The second-order valence-electron chi connectivity index (χ2n) is 3.54. The van der Waals surface area contributed by atoms with E-state index in [-0.39, 0.29) is 13.0 Å². The van der Waals surface area contributed by atoms with Crippen molar-refractivity contribution in [1.29, 1.82) is 0 Å². The van der Waals surface area contributed by atoms with Crippen LogP contribution in [0.5, 0.6) is 0 Å². The molecule has 0 fully saturated rings. The van der Waals surface area contributed by atoms with E-state index in [0.29, 0.717) is 0 Å². The van der Waals surface area contributed by atoms with Crippen LogP contribution in [-0.2, 0) is 28.3 Å². The molecule has 94 valence electrons. The SMILES string of the molecule is C=CC(=O)OCCC(C)(C)OS(=O)(=O)OC. The Bertz CT molecular complexity index is 343. The highest BCUT2D eigenvalue weighted by Gasteiger charge is 2.26. The molecule has 7 heteroatoms. The second-order valence-corrected chi connectivity index (χ2v) is 4.86. The standard InChI is InChI=1S/C9H16O6S/c1-5-8(10)14-7-6-9(2,3)15-16(11,12)13-4/h5H,1,6-7H2,2-4H3. The van der Waals surface area contributed by atoms with Crippen LogP contribution in [0.4, 0.5) is 0 Å². The van der Waals surface area contributed by atoms with Gasteiger partial charge in [0.2, 0.25) is 0 Å². The highest BCUT2D eigenvalue weighted by molar-refractivity contribution is 7.81. The lowest BCUT2D eigenvalue weighted by Gasteiger charge is -2.22. The summed E-state index contributed by atoms with van der Waals surface area (Å²) in [6.07, 6.45) is 1.24. The van der Waals surface area contributed by atoms with Gasteiger partial charge in [0.05, 0.1) is 19.3 Å². The van der Waals surface area contributed by atoms with Gasteiger partial charge in [-0.15, -0.1) is 0 Å². The van der Waals surface area contributed by atoms with Crippen LogP contribution in [-0.4, -0.2) is 33.7 Å². The topological polar surface area (TPSA) is 78.9 Å². The van der Waals surface area contributed by atoms with Crippen molar-refractivity contribution in [2.75, 3.05) is 13.7 Å². The van der Waals surface area contributed by atoms with Gasteiger partial charge in [-0.25, -0.2) is 8.98 Å². The van der Waals surface area contributed by atoms with Crippen LogP contribution >= 0.6 is 0 Å². The molecule has 0 bridgehead atoms. The second kappa shape index (κ2) is 5.97. The van der Waals surface area contributed by atoms with E-state index in [1.54, 1.807) is 13.8 Å². The highest BCUT2D eigenvalue weighted by Crippen LogP contribution is 2.18. The van der Waals surface area contributed by atoms with Gasteiger partial charge >= 0.3 is 16.4 Å². The molecule has 0 aliphatic heterocycles. The molecule has 0 heterocycles. The molecule has 0 radical (unpaired) electrons. The van der Waals surface area contributed by atoms with Crippen molar-refractivity contribution in [2.45, 2.75) is 25.9 Å². The average molecular weight is 252 g/mol. The summed E-state index contributed by atoms with van der Waals surface area (Å²) < 4.78 is 35.6. The maximum atomic E-state index is 11.0. The van der Waals surface area contributed by atoms with Crippen molar-refractivity contribution in [3.63, 3.8) is 0 Å². The first-order chi connectivity index (χ1) is 7.22. The van der Waals surface area contributed by atoms with Crippen molar-refractivity contribution >= 4 is 16.4 Å². The lowest BCUT2D eigenvalue weighted by atomic mass is 10.1. The molecule has 0 saturated heterocycles. The van der Waals surface area contributed by atoms with Gasteiger partial charge < -0.3 is 4.74 Å². The molecule has 16 heavy (non-hydrogen) atoms. The molecule has 0 aliphatic carbocycles. The molecule has 0 N–H and O–H groups in total. The average Bonchev–Trinajstić information content (AvgIpc) is 2.15. The molecule has 6 nitrogen and oxygen atoms in total. The van der Waals surface area contributed by atoms with E-state index in [1.807, 2.05) is 0 Å². The Hall–Kier alpha value is -0.920. The minimum absolute atomic E-state index is 0.0388. The maximum Gasteiger partial charge on any atom is 0.400 e. The van der Waals surface area contributed by atoms with Gasteiger partial charge in [0, 0.05) is 12.5 Å². The van der Waals surface area contributed by atoms with E-state index in [9.17, 15) is 13.2 Å². The van der Waals surface area contributed by atoms with E-state index in [0.717, 1.165) is 13.2 Å². The van der Waals surface area contributed by atoms with Crippen molar-refractivity contribution in [3.05, 3.63) is 12.7 Å². The Morgan fingerprint density at radius 3 is 2.44 bits per heavy atom. The molecule has 0 atom stereocenters. The summed E-state index contributed by atoms with van der Waals surface area (Å²) in [5.74, 6) is -0.564. The first-order valence-corrected chi connectivity index (χ1v) is 5.86. The monoisotopic (exact) mass is 252 g/mol. The van der Waals surface area contributed by atoms with Crippen LogP contribution in [0.3, 0.4) is 0 Å². The molecule has 0 aromatic carbocycles. The fraction of sp³-hybridized carbons (Fsp3) is 0.667. The summed E-state index contributed by atoms with van der Waals surface area (Å²) in [6.45, 7) is 6.36. The van der Waals surface area contributed by atoms with Crippen LogP contribution in [0.1, 0.15) is 20.3 Å². The highest BCUT2D eigenvalue weighted by atomic mass is 32.3. The Morgan fingerprint density at radius 2 is 2.00 bits per heavy atom.